The normalized spacial score (nSPS) is 14.6. The van der Waals surface area contributed by atoms with E-state index >= 15 is 0 Å². The molecule has 47 heavy (non-hydrogen) atoms. The van der Waals surface area contributed by atoms with Crippen molar-refractivity contribution in [2.75, 3.05) is 20.3 Å². The van der Waals surface area contributed by atoms with Gasteiger partial charge in [-0.25, -0.2) is 18.2 Å². The molecule has 0 spiro atoms. The molecule has 0 aliphatic heterocycles. The van der Waals surface area contributed by atoms with E-state index in [1.54, 1.807) is 10.9 Å². The summed E-state index contributed by atoms with van der Waals surface area (Å²) in [7, 11) is 1.33. The minimum absolute atomic E-state index is 0.118. The third-order valence-electron chi connectivity index (χ3n) is 7.45. The number of primary amides is 1. The van der Waals surface area contributed by atoms with Gasteiger partial charge in [0.05, 0.1) is 43.4 Å². The maximum Gasteiger partial charge on any atom is 0.424 e. The third-order valence-corrected chi connectivity index (χ3v) is 7.82. The van der Waals surface area contributed by atoms with Crippen LogP contribution in [0.25, 0.3) is 22.2 Å². The maximum atomic E-state index is 14.7. The number of carbonyl (C=O) groups is 2. The van der Waals surface area contributed by atoms with E-state index in [-0.39, 0.29) is 29.5 Å². The number of pyridine rings is 1. The summed E-state index contributed by atoms with van der Waals surface area (Å²) in [4.78, 5) is 28.9. The molecule has 1 aliphatic rings. The van der Waals surface area contributed by atoms with Gasteiger partial charge in [0, 0.05) is 28.3 Å². The topological polar surface area (TPSA) is 142 Å². The van der Waals surface area contributed by atoms with E-state index in [0.29, 0.717) is 23.0 Å². The minimum Gasteiger partial charge on any atom is -0.494 e. The summed E-state index contributed by atoms with van der Waals surface area (Å²) in [5, 5.41) is 17.1. The zero-order valence-electron chi connectivity index (χ0n) is 24.6. The van der Waals surface area contributed by atoms with Crippen LogP contribution in [0, 0.1) is 17.5 Å². The van der Waals surface area contributed by atoms with E-state index in [2.05, 4.69) is 10.1 Å². The van der Waals surface area contributed by atoms with Gasteiger partial charge in [0.1, 0.15) is 22.7 Å². The molecule has 0 radical (unpaired) electrons. The fourth-order valence-electron chi connectivity index (χ4n) is 4.93. The molecule has 1 atom stereocenters. The number of methoxy groups -OCH3 is 1. The fourth-order valence-corrected chi connectivity index (χ4v) is 5.16. The lowest BCUT2D eigenvalue weighted by atomic mass is 9.93. The number of nitrogens with zero attached hydrogens (tertiary/aromatic N) is 3. The Labute approximate surface area is 267 Å². The number of carbonyl (C=O) groups excluding carboxylic acids is 2. The first-order chi connectivity index (χ1) is 22.1. The molecule has 2 aromatic carbocycles. The number of amides is 2. The number of nitrogens with two attached hydrogens (primary N) is 1. The summed E-state index contributed by atoms with van der Waals surface area (Å²) in [6, 6.07) is 3.88. The molecule has 2 amide bonds. The van der Waals surface area contributed by atoms with Crippen LogP contribution in [0.15, 0.2) is 30.5 Å². The lowest BCUT2D eigenvalue weighted by Gasteiger charge is -2.31. The molecule has 10 nitrogen and oxygen atoms in total. The Balaban J connectivity index is 1.60. The number of aliphatic hydroxyl groups is 1. The summed E-state index contributed by atoms with van der Waals surface area (Å²) >= 11 is 5.92. The largest absolute Gasteiger partial charge is 0.494 e. The van der Waals surface area contributed by atoms with Crippen molar-refractivity contribution in [3.05, 3.63) is 69.8 Å². The zero-order valence-corrected chi connectivity index (χ0v) is 25.4. The average Bonchev–Trinajstić information content (AvgIpc) is 3.78. The lowest BCUT2D eigenvalue weighted by molar-refractivity contribution is -0.265. The Hall–Kier alpha value is -4.57. The minimum atomic E-state index is -5.54. The highest BCUT2D eigenvalue weighted by atomic mass is 35.5. The number of nitrogens with one attached hydrogen (secondary N) is 1. The van der Waals surface area contributed by atoms with Gasteiger partial charge in [-0.05, 0) is 44.0 Å². The second-order valence-electron chi connectivity index (χ2n) is 10.8. The van der Waals surface area contributed by atoms with Gasteiger partial charge in [-0.3, -0.25) is 14.3 Å². The standard InChI is InChI=1S/C30H26ClF6N5O5/c1-3-47-27-13(9-21(38)43)8-20(40-26(27)17-10-18(32)23(33)24(34)22(17)31)29(45,30(35,36)37)12-39-28(44)14-6-15-11-42(16-4-5-16)41-25(15)19(7-14)46-2/h6-8,10-11,16,45H,3-5,9,12H2,1-2H3,(H2,38,43)(H,39,44)/t29-/m1/s1. The van der Waals surface area contributed by atoms with Crippen LogP contribution in [0.5, 0.6) is 11.5 Å². The van der Waals surface area contributed by atoms with Crippen LogP contribution in [0.2, 0.25) is 5.02 Å². The van der Waals surface area contributed by atoms with Gasteiger partial charge in [-0.2, -0.15) is 18.3 Å². The maximum absolute atomic E-state index is 14.7. The van der Waals surface area contributed by atoms with Gasteiger partial charge in [0.2, 0.25) is 11.5 Å². The summed E-state index contributed by atoms with van der Waals surface area (Å²) in [6.45, 7) is -0.256. The second kappa shape index (κ2) is 12.6. The first kappa shape index (κ1) is 33.8. The van der Waals surface area contributed by atoms with E-state index in [1.807, 2.05) is 5.32 Å². The lowest BCUT2D eigenvalue weighted by Crippen LogP contribution is -2.51. The molecule has 0 bridgehead atoms. The summed E-state index contributed by atoms with van der Waals surface area (Å²) < 4.78 is 99.3. The summed E-state index contributed by atoms with van der Waals surface area (Å²) in [6.07, 6.45) is -2.82. The number of fused-ring (bicyclic) bond motifs is 1. The van der Waals surface area contributed by atoms with Crippen LogP contribution in [-0.4, -0.2) is 58.1 Å². The zero-order chi connectivity index (χ0) is 34.4. The molecule has 250 valence electrons. The Morgan fingerprint density at radius 3 is 2.45 bits per heavy atom. The molecule has 2 aromatic heterocycles. The highest BCUT2D eigenvalue weighted by molar-refractivity contribution is 6.33. The fraction of sp³-hybridized carbons (Fsp3) is 0.333. The molecule has 4 aromatic rings. The van der Waals surface area contributed by atoms with Crippen LogP contribution in [0.1, 0.15) is 47.4 Å². The van der Waals surface area contributed by atoms with E-state index in [0.717, 1.165) is 12.8 Å². The van der Waals surface area contributed by atoms with Crippen molar-refractivity contribution in [1.29, 1.82) is 0 Å². The predicted octanol–water partition coefficient (Wildman–Crippen LogP) is 5.12. The van der Waals surface area contributed by atoms with Crippen molar-refractivity contribution in [2.24, 2.45) is 5.73 Å². The van der Waals surface area contributed by atoms with Crippen LogP contribution in [0.4, 0.5) is 26.3 Å². The Kier molecular flexibility index (Phi) is 9.03. The van der Waals surface area contributed by atoms with Gasteiger partial charge >= 0.3 is 6.18 Å². The number of halogens is 7. The number of rotatable bonds is 11. The van der Waals surface area contributed by atoms with E-state index < -0.39 is 81.7 Å². The number of alkyl halides is 3. The number of benzene rings is 2. The molecule has 5 rings (SSSR count). The van der Waals surface area contributed by atoms with Crippen LogP contribution < -0.4 is 20.5 Å². The molecule has 0 unspecified atom stereocenters. The number of ether oxygens (including phenoxy) is 2. The third kappa shape index (κ3) is 6.39. The SMILES string of the molecule is CCOc1c(CC(N)=O)cc([C@](O)(CNC(=O)c2cc(OC)c3nn(C4CC4)cc3c2)C(F)(F)F)nc1-c1cc(F)c(F)c(F)c1Cl. The average molecular weight is 686 g/mol. The van der Waals surface area contributed by atoms with E-state index in [9.17, 15) is 41.0 Å². The van der Waals surface area contributed by atoms with Gasteiger partial charge in [-0.15, -0.1) is 0 Å². The first-order valence-electron chi connectivity index (χ1n) is 14.0. The van der Waals surface area contributed by atoms with Crippen molar-refractivity contribution in [1.82, 2.24) is 20.1 Å². The Morgan fingerprint density at radius 2 is 1.85 bits per heavy atom. The van der Waals surface area contributed by atoms with E-state index in [1.165, 1.54) is 26.2 Å². The molecule has 1 saturated carbocycles. The number of aromatic nitrogens is 3. The molecule has 1 fully saturated rings. The van der Waals surface area contributed by atoms with Crippen LogP contribution >= 0.6 is 11.6 Å². The van der Waals surface area contributed by atoms with Crippen molar-refractivity contribution in [3.63, 3.8) is 0 Å². The smallest absolute Gasteiger partial charge is 0.424 e. The molecule has 17 heteroatoms. The number of hydrogen-bond donors (Lipinski definition) is 3. The van der Waals surface area contributed by atoms with Gasteiger partial charge in [0.15, 0.2) is 17.5 Å². The molecular weight excluding hydrogens is 660 g/mol. The highest BCUT2D eigenvalue weighted by Gasteiger charge is 2.57. The second-order valence-corrected chi connectivity index (χ2v) is 11.1. The van der Waals surface area contributed by atoms with E-state index in [4.69, 9.17) is 26.8 Å². The molecular formula is C30H26ClF6N5O5. The highest BCUT2D eigenvalue weighted by Crippen LogP contribution is 2.44. The molecule has 0 saturated heterocycles. The monoisotopic (exact) mass is 685 g/mol. The van der Waals surface area contributed by atoms with Crippen LogP contribution in [0.3, 0.4) is 0 Å². The van der Waals surface area contributed by atoms with Gasteiger partial charge < -0.3 is 25.6 Å². The summed E-state index contributed by atoms with van der Waals surface area (Å²) in [5.41, 5.74) is -1.47. The Bertz CT molecular complexity index is 1900. The Morgan fingerprint density at radius 1 is 1.15 bits per heavy atom. The predicted molar refractivity (Wildman–Crippen MR) is 155 cm³/mol. The van der Waals surface area contributed by atoms with Crippen molar-refractivity contribution >= 4 is 34.3 Å². The van der Waals surface area contributed by atoms with Crippen molar-refractivity contribution in [2.45, 2.75) is 44.0 Å². The summed E-state index contributed by atoms with van der Waals surface area (Å²) in [5.74, 6) is -7.97. The molecule has 1 aliphatic carbocycles. The van der Waals surface area contributed by atoms with Gasteiger partial charge in [0.25, 0.3) is 5.91 Å². The first-order valence-corrected chi connectivity index (χ1v) is 14.4. The van der Waals surface area contributed by atoms with Gasteiger partial charge in [-0.1, -0.05) is 11.6 Å². The van der Waals surface area contributed by atoms with Crippen LogP contribution in [-0.2, 0) is 16.8 Å². The number of hydrogen-bond acceptors (Lipinski definition) is 7. The van der Waals surface area contributed by atoms with Crippen molar-refractivity contribution < 1.29 is 50.5 Å². The van der Waals surface area contributed by atoms with Crippen molar-refractivity contribution in [3.8, 4) is 22.8 Å². The molecule has 4 N–H and O–H groups in total. The quantitative estimate of drug-likeness (QED) is 0.113. The molecule has 2 heterocycles.